The minimum atomic E-state index is -3.25. The fourth-order valence-electron chi connectivity index (χ4n) is 4.58. The molecule has 4 aliphatic rings. The molecule has 0 aromatic heterocycles. The molecule has 11 heteroatoms. The van der Waals surface area contributed by atoms with E-state index < -0.39 is 33.7 Å². The van der Waals surface area contributed by atoms with Crippen LogP contribution in [0.15, 0.2) is 12.1 Å². The zero-order valence-electron chi connectivity index (χ0n) is 16.8. The molecule has 0 bridgehead atoms. The largest absolute Gasteiger partial charge is 0.367 e. The van der Waals surface area contributed by atoms with Gasteiger partial charge in [0, 0.05) is 44.7 Å². The van der Waals surface area contributed by atoms with E-state index in [0.717, 1.165) is 0 Å². The molecule has 1 atom stereocenters. The molecule has 166 valence electrons. The van der Waals surface area contributed by atoms with Gasteiger partial charge in [0.05, 0.1) is 10.9 Å². The van der Waals surface area contributed by atoms with E-state index in [9.17, 15) is 27.2 Å². The van der Waals surface area contributed by atoms with Gasteiger partial charge in [0.1, 0.15) is 11.9 Å². The molecule has 1 unspecified atom stereocenters. The van der Waals surface area contributed by atoms with E-state index >= 15 is 0 Å². The van der Waals surface area contributed by atoms with Crippen LogP contribution in [0, 0.1) is 5.82 Å². The molecule has 2 saturated heterocycles. The summed E-state index contributed by atoms with van der Waals surface area (Å²) >= 11 is 0. The Kier molecular flexibility index (Phi) is 4.78. The van der Waals surface area contributed by atoms with Gasteiger partial charge in [-0.15, -0.1) is 0 Å². The number of hydrogen-bond acceptors (Lipinski definition) is 6. The molecule has 31 heavy (non-hydrogen) atoms. The molecule has 9 nitrogen and oxygen atoms in total. The molecule has 0 radical (unpaired) electrons. The standard InChI is InChI=1S/C20H23FN4O5S/c21-15-10-14-12(11-25(20(14)28)16-3-4-18(26)22-19(16)27)9-17(15)23-5-7-24(8-6-23)31(29,30)13-1-2-13/h9-10,13,16H,1-8,11H2,(H,22,26,27). The first kappa shape index (κ1) is 20.4. The van der Waals surface area contributed by atoms with Gasteiger partial charge in [-0.05, 0) is 37.0 Å². The van der Waals surface area contributed by atoms with Crippen LogP contribution in [-0.4, -0.2) is 72.8 Å². The Balaban J connectivity index is 1.32. The van der Waals surface area contributed by atoms with Crippen molar-refractivity contribution >= 4 is 33.4 Å². The zero-order chi connectivity index (χ0) is 21.9. The van der Waals surface area contributed by atoms with Gasteiger partial charge < -0.3 is 9.80 Å². The lowest BCUT2D eigenvalue weighted by Crippen LogP contribution is -2.52. The smallest absolute Gasteiger partial charge is 0.255 e. The van der Waals surface area contributed by atoms with Crippen LogP contribution >= 0.6 is 0 Å². The van der Waals surface area contributed by atoms with E-state index in [1.165, 1.54) is 15.3 Å². The van der Waals surface area contributed by atoms with Gasteiger partial charge in [-0.25, -0.2) is 12.8 Å². The van der Waals surface area contributed by atoms with E-state index in [4.69, 9.17) is 0 Å². The van der Waals surface area contributed by atoms with Gasteiger partial charge in [-0.2, -0.15) is 4.31 Å². The maximum absolute atomic E-state index is 14.9. The van der Waals surface area contributed by atoms with Crippen LogP contribution in [0.1, 0.15) is 41.6 Å². The first-order valence-corrected chi connectivity index (χ1v) is 12.0. The fraction of sp³-hybridized carbons (Fsp3) is 0.550. The number of amides is 3. The molecule has 1 aromatic rings. The number of piperazine rings is 1. The third-order valence-corrected chi connectivity index (χ3v) is 8.87. The summed E-state index contributed by atoms with van der Waals surface area (Å²) in [6, 6.07) is 2.08. The minimum absolute atomic E-state index is 0.157. The highest BCUT2D eigenvalue weighted by atomic mass is 32.2. The van der Waals surface area contributed by atoms with Crippen molar-refractivity contribution in [2.45, 2.75) is 43.5 Å². The Labute approximate surface area is 179 Å². The lowest BCUT2D eigenvalue weighted by molar-refractivity contribution is -0.136. The number of carbonyl (C=O) groups is 3. The van der Waals surface area contributed by atoms with Crippen LogP contribution in [0.4, 0.5) is 10.1 Å². The van der Waals surface area contributed by atoms with E-state index in [-0.39, 0.29) is 36.1 Å². The van der Waals surface area contributed by atoms with Crippen LogP contribution in [0.25, 0.3) is 0 Å². The molecular formula is C20H23FN4O5S. The van der Waals surface area contributed by atoms with E-state index in [2.05, 4.69) is 5.32 Å². The van der Waals surface area contributed by atoms with Gasteiger partial charge in [0.2, 0.25) is 21.8 Å². The summed E-state index contributed by atoms with van der Waals surface area (Å²) in [5.74, 6) is -1.83. The predicted octanol–water partition coefficient (Wildman–Crippen LogP) is 0.201. The molecule has 3 aliphatic heterocycles. The van der Waals surface area contributed by atoms with Crippen molar-refractivity contribution in [2.24, 2.45) is 0 Å². The molecule has 1 aromatic carbocycles. The Hall–Kier alpha value is -2.53. The fourth-order valence-corrected chi connectivity index (χ4v) is 6.40. The number of nitrogens with one attached hydrogen (secondary N) is 1. The van der Waals surface area contributed by atoms with Crippen LogP contribution in [0.2, 0.25) is 0 Å². The van der Waals surface area contributed by atoms with Crippen LogP contribution in [-0.2, 0) is 26.2 Å². The van der Waals surface area contributed by atoms with Crippen LogP contribution < -0.4 is 10.2 Å². The van der Waals surface area contributed by atoms with Gasteiger partial charge in [0.15, 0.2) is 0 Å². The maximum Gasteiger partial charge on any atom is 0.255 e. The SMILES string of the molecule is O=C1CCC(N2Cc3cc(N4CCN(S(=O)(=O)C5CC5)CC4)c(F)cc3C2=O)C(=O)N1. The average Bonchev–Trinajstić information content (AvgIpc) is 3.55. The second kappa shape index (κ2) is 7.27. The second-order valence-electron chi connectivity index (χ2n) is 8.49. The van der Waals surface area contributed by atoms with E-state index in [1.807, 2.05) is 0 Å². The predicted molar refractivity (Wildman–Crippen MR) is 108 cm³/mol. The summed E-state index contributed by atoms with van der Waals surface area (Å²) in [6.07, 6.45) is 1.82. The molecule has 5 rings (SSSR count). The number of rotatable bonds is 4. The van der Waals surface area contributed by atoms with Crippen molar-refractivity contribution in [3.05, 3.63) is 29.1 Å². The maximum atomic E-state index is 14.9. The topological polar surface area (TPSA) is 107 Å². The number of benzene rings is 1. The number of carbonyl (C=O) groups excluding carboxylic acids is 3. The summed E-state index contributed by atoms with van der Waals surface area (Å²) in [6.45, 7) is 1.51. The second-order valence-corrected chi connectivity index (χ2v) is 10.7. The Morgan fingerprint density at radius 3 is 2.35 bits per heavy atom. The quantitative estimate of drug-likeness (QED) is 0.657. The summed E-state index contributed by atoms with van der Waals surface area (Å²) in [5, 5.41) is 1.98. The Bertz CT molecular complexity index is 1080. The summed E-state index contributed by atoms with van der Waals surface area (Å²) in [4.78, 5) is 39.5. The first-order chi connectivity index (χ1) is 14.8. The molecular weight excluding hydrogens is 427 g/mol. The number of halogens is 1. The number of imide groups is 1. The highest BCUT2D eigenvalue weighted by Gasteiger charge is 2.42. The summed E-state index contributed by atoms with van der Waals surface area (Å²) in [7, 11) is -3.25. The number of fused-ring (bicyclic) bond motifs is 1. The van der Waals surface area contributed by atoms with Crippen molar-refractivity contribution in [3.63, 3.8) is 0 Å². The van der Waals surface area contributed by atoms with Crippen molar-refractivity contribution < 1.29 is 27.2 Å². The van der Waals surface area contributed by atoms with Crippen LogP contribution in [0.3, 0.4) is 0 Å². The highest BCUT2D eigenvalue weighted by molar-refractivity contribution is 7.90. The number of piperidine rings is 1. The van der Waals surface area contributed by atoms with Crippen molar-refractivity contribution in [2.75, 3.05) is 31.1 Å². The molecule has 1 saturated carbocycles. The highest BCUT2D eigenvalue weighted by Crippen LogP contribution is 2.34. The lowest BCUT2D eigenvalue weighted by atomic mass is 10.0. The number of sulfonamides is 1. The molecule has 3 heterocycles. The third kappa shape index (κ3) is 3.49. The van der Waals surface area contributed by atoms with Crippen molar-refractivity contribution in [1.29, 1.82) is 0 Å². The molecule has 3 fully saturated rings. The summed E-state index contributed by atoms with van der Waals surface area (Å²) in [5.41, 5.74) is 1.18. The van der Waals surface area contributed by atoms with Crippen molar-refractivity contribution in [1.82, 2.24) is 14.5 Å². The van der Waals surface area contributed by atoms with Crippen LogP contribution in [0.5, 0.6) is 0 Å². The average molecular weight is 450 g/mol. The Morgan fingerprint density at radius 2 is 1.71 bits per heavy atom. The van der Waals surface area contributed by atoms with Gasteiger partial charge in [0.25, 0.3) is 5.91 Å². The molecule has 0 spiro atoms. The minimum Gasteiger partial charge on any atom is -0.367 e. The van der Waals surface area contributed by atoms with Gasteiger partial charge in [-0.1, -0.05) is 0 Å². The Morgan fingerprint density at radius 1 is 1.00 bits per heavy atom. The lowest BCUT2D eigenvalue weighted by Gasteiger charge is -2.35. The summed E-state index contributed by atoms with van der Waals surface area (Å²) < 4.78 is 41.2. The van der Waals surface area contributed by atoms with Gasteiger partial charge in [-0.3, -0.25) is 19.7 Å². The third-order valence-electron chi connectivity index (χ3n) is 6.48. The van der Waals surface area contributed by atoms with E-state index in [0.29, 0.717) is 50.3 Å². The zero-order valence-corrected chi connectivity index (χ0v) is 17.7. The molecule has 1 aliphatic carbocycles. The number of nitrogens with zero attached hydrogens (tertiary/aromatic N) is 3. The van der Waals surface area contributed by atoms with E-state index in [1.54, 1.807) is 11.0 Å². The van der Waals surface area contributed by atoms with Crippen molar-refractivity contribution in [3.8, 4) is 0 Å². The molecule has 3 amide bonds. The normalized spacial score (nSPS) is 25.1. The molecule has 1 N–H and O–H groups in total. The van der Waals surface area contributed by atoms with Gasteiger partial charge >= 0.3 is 0 Å². The number of hydrogen-bond donors (Lipinski definition) is 1. The monoisotopic (exact) mass is 450 g/mol. The number of anilines is 1. The first-order valence-electron chi connectivity index (χ1n) is 10.5.